The Hall–Kier alpha value is -2.02. The molecule has 0 spiro atoms. The lowest BCUT2D eigenvalue weighted by atomic mass is 9.74. The molecule has 3 rings (SSSR count). The van der Waals surface area contributed by atoms with Crippen LogP contribution in [0.2, 0.25) is 0 Å². The molecule has 1 aromatic carbocycles. The third-order valence-electron chi connectivity index (χ3n) is 4.12. The van der Waals surface area contributed by atoms with Gasteiger partial charge in [0, 0.05) is 12.5 Å². The van der Waals surface area contributed by atoms with Crippen LogP contribution in [0.4, 0.5) is 5.69 Å². The highest BCUT2D eigenvalue weighted by Gasteiger charge is 2.45. The molecule has 1 aliphatic heterocycles. The van der Waals surface area contributed by atoms with Gasteiger partial charge in [-0.3, -0.25) is 9.59 Å². The van der Waals surface area contributed by atoms with Crippen LogP contribution >= 0.6 is 11.7 Å². The average Bonchev–Trinajstić information content (AvgIpc) is 3.04. The molecule has 6 nitrogen and oxygen atoms in total. The van der Waals surface area contributed by atoms with Crippen molar-refractivity contribution in [2.75, 3.05) is 11.9 Å². The summed E-state index contributed by atoms with van der Waals surface area (Å²) >= 11 is 1.10. The van der Waals surface area contributed by atoms with E-state index in [-0.39, 0.29) is 23.1 Å². The van der Waals surface area contributed by atoms with Crippen molar-refractivity contribution >= 4 is 40.3 Å². The molecule has 2 heterocycles. The monoisotopic (exact) mass is 318 g/mol. The van der Waals surface area contributed by atoms with Crippen molar-refractivity contribution in [1.82, 2.24) is 14.1 Å². The fourth-order valence-electron chi connectivity index (χ4n) is 2.85. The van der Waals surface area contributed by atoms with Crippen molar-refractivity contribution in [3.63, 3.8) is 0 Å². The predicted octanol–water partition coefficient (Wildman–Crippen LogP) is 2.04. The van der Waals surface area contributed by atoms with E-state index in [9.17, 15) is 9.59 Å². The summed E-state index contributed by atoms with van der Waals surface area (Å²) in [7, 11) is 0. The summed E-state index contributed by atoms with van der Waals surface area (Å²) in [5.74, 6) is -1.20. The molecule has 2 N–H and O–H groups in total. The Bertz CT molecular complexity index is 734. The number of carbonyl (C=O) groups is 2. The Morgan fingerprint density at radius 2 is 2.14 bits per heavy atom. The molecule has 0 saturated carbocycles. The van der Waals surface area contributed by atoms with Crippen molar-refractivity contribution in [3.05, 3.63) is 18.2 Å². The molecular weight excluding hydrogens is 300 g/mol. The molecule has 1 aromatic heterocycles. The summed E-state index contributed by atoms with van der Waals surface area (Å²) in [5, 5.41) is 5.65. The number of hydrogen-bond donors (Lipinski definition) is 2. The van der Waals surface area contributed by atoms with Gasteiger partial charge in [0.05, 0.1) is 17.4 Å². The maximum atomic E-state index is 12.6. The van der Waals surface area contributed by atoms with Crippen molar-refractivity contribution in [2.24, 2.45) is 17.3 Å². The zero-order valence-corrected chi connectivity index (χ0v) is 13.5. The van der Waals surface area contributed by atoms with Crippen LogP contribution < -0.4 is 10.6 Å². The largest absolute Gasteiger partial charge is 0.355 e. The van der Waals surface area contributed by atoms with Gasteiger partial charge in [-0.05, 0) is 17.5 Å². The summed E-state index contributed by atoms with van der Waals surface area (Å²) in [4.78, 5) is 24.7. The fourth-order valence-corrected chi connectivity index (χ4v) is 3.40. The van der Waals surface area contributed by atoms with Crippen LogP contribution in [0.25, 0.3) is 11.0 Å². The van der Waals surface area contributed by atoms with Gasteiger partial charge in [-0.15, -0.1) is 0 Å². The summed E-state index contributed by atoms with van der Waals surface area (Å²) in [6.45, 7) is 6.67. The number of rotatable bonds is 2. The number of nitrogens with one attached hydrogen (secondary N) is 2. The third kappa shape index (κ3) is 2.56. The summed E-state index contributed by atoms with van der Waals surface area (Å²) < 4.78 is 8.35. The first-order chi connectivity index (χ1) is 10.4. The number of aromatic nitrogens is 2. The molecule has 0 radical (unpaired) electrons. The smallest absolute Gasteiger partial charge is 0.237 e. The molecule has 116 valence electrons. The molecule has 2 atom stereocenters. The van der Waals surface area contributed by atoms with Gasteiger partial charge in [0.25, 0.3) is 0 Å². The van der Waals surface area contributed by atoms with Gasteiger partial charge in [0.15, 0.2) is 0 Å². The fraction of sp³-hybridized carbons (Fsp3) is 0.467. The highest BCUT2D eigenvalue weighted by Crippen LogP contribution is 2.36. The van der Waals surface area contributed by atoms with Crippen LogP contribution in [0.3, 0.4) is 0 Å². The number of hydrogen-bond acceptors (Lipinski definition) is 5. The van der Waals surface area contributed by atoms with E-state index in [2.05, 4.69) is 19.4 Å². The maximum absolute atomic E-state index is 12.6. The van der Waals surface area contributed by atoms with E-state index in [0.29, 0.717) is 17.7 Å². The van der Waals surface area contributed by atoms with Crippen LogP contribution in [0, 0.1) is 17.3 Å². The SMILES string of the molecule is CC(C)(C)[C@H]1CNC(=O)[C@@H]1C(=O)Nc1cccc2nsnc12. The maximum Gasteiger partial charge on any atom is 0.237 e. The second-order valence-electron chi connectivity index (χ2n) is 6.62. The summed E-state index contributed by atoms with van der Waals surface area (Å²) in [6.07, 6.45) is 0. The van der Waals surface area contributed by atoms with Gasteiger partial charge >= 0.3 is 0 Å². The van der Waals surface area contributed by atoms with E-state index in [1.807, 2.05) is 32.9 Å². The molecule has 0 aliphatic carbocycles. The van der Waals surface area contributed by atoms with E-state index in [4.69, 9.17) is 0 Å². The number of benzene rings is 1. The molecule has 1 saturated heterocycles. The van der Waals surface area contributed by atoms with Gasteiger partial charge in [-0.2, -0.15) is 8.75 Å². The lowest BCUT2D eigenvalue weighted by Crippen LogP contribution is -2.37. The highest BCUT2D eigenvalue weighted by atomic mass is 32.1. The van der Waals surface area contributed by atoms with E-state index in [1.165, 1.54) is 0 Å². The number of carbonyl (C=O) groups excluding carboxylic acids is 2. The average molecular weight is 318 g/mol. The first-order valence-corrected chi connectivity index (χ1v) is 7.91. The van der Waals surface area contributed by atoms with Gasteiger partial charge in [0.1, 0.15) is 17.0 Å². The van der Waals surface area contributed by atoms with E-state index in [0.717, 1.165) is 17.2 Å². The first kappa shape index (κ1) is 14.9. The Morgan fingerprint density at radius 1 is 1.36 bits per heavy atom. The normalized spacial score (nSPS) is 21.9. The number of fused-ring (bicyclic) bond motifs is 1. The zero-order valence-electron chi connectivity index (χ0n) is 12.7. The predicted molar refractivity (Wildman–Crippen MR) is 85.5 cm³/mol. The molecule has 1 fully saturated rings. The lowest BCUT2D eigenvalue weighted by Gasteiger charge is -2.29. The lowest BCUT2D eigenvalue weighted by molar-refractivity contribution is -0.132. The molecule has 0 bridgehead atoms. The molecule has 22 heavy (non-hydrogen) atoms. The van der Waals surface area contributed by atoms with E-state index >= 15 is 0 Å². The van der Waals surface area contributed by atoms with Crippen molar-refractivity contribution in [1.29, 1.82) is 0 Å². The van der Waals surface area contributed by atoms with Crippen molar-refractivity contribution in [3.8, 4) is 0 Å². The Balaban J connectivity index is 1.87. The highest BCUT2D eigenvalue weighted by molar-refractivity contribution is 7.00. The summed E-state index contributed by atoms with van der Waals surface area (Å²) in [5.41, 5.74) is 1.87. The number of amides is 2. The molecule has 0 unspecified atom stereocenters. The Labute approximate surface area is 132 Å². The van der Waals surface area contributed by atoms with Crippen LogP contribution in [-0.4, -0.2) is 27.1 Å². The minimum atomic E-state index is -0.679. The second-order valence-corrected chi connectivity index (χ2v) is 7.15. The quantitative estimate of drug-likeness (QED) is 0.830. The van der Waals surface area contributed by atoms with Gasteiger partial charge in [-0.25, -0.2) is 0 Å². The van der Waals surface area contributed by atoms with Crippen LogP contribution in [0.15, 0.2) is 18.2 Å². The summed E-state index contributed by atoms with van der Waals surface area (Å²) in [6, 6.07) is 5.44. The van der Waals surface area contributed by atoms with Crippen LogP contribution in [0.5, 0.6) is 0 Å². The Morgan fingerprint density at radius 3 is 2.86 bits per heavy atom. The van der Waals surface area contributed by atoms with Gasteiger partial charge in [0.2, 0.25) is 11.8 Å². The first-order valence-electron chi connectivity index (χ1n) is 7.18. The minimum absolute atomic E-state index is 0.0345. The van der Waals surface area contributed by atoms with Crippen LogP contribution in [-0.2, 0) is 9.59 Å². The van der Waals surface area contributed by atoms with Gasteiger partial charge < -0.3 is 10.6 Å². The van der Waals surface area contributed by atoms with E-state index in [1.54, 1.807) is 6.07 Å². The molecule has 2 aromatic rings. The number of nitrogens with zero attached hydrogens (tertiary/aromatic N) is 2. The van der Waals surface area contributed by atoms with Gasteiger partial charge in [-0.1, -0.05) is 26.8 Å². The second kappa shape index (κ2) is 5.31. The third-order valence-corrected chi connectivity index (χ3v) is 4.66. The number of anilines is 1. The minimum Gasteiger partial charge on any atom is -0.355 e. The molecule has 7 heteroatoms. The zero-order chi connectivity index (χ0) is 15.9. The Kier molecular flexibility index (Phi) is 3.60. The van der Waals surface area contributed by atoms with Crippen LogP contribution in [0.1, 0.15) is 20.8 Å². The topological polar surface area (TPSA) is 84.0 Å². The molecular formula is C15H18N4O2S. The van der Waals surface area contributed by atoms with Crippen molar-refractivity contribution in [2.45, 2.75) is 20.8 Å². The molecule has 1 aliphatic rings. The van der Waals surface area contributed by atoms with E-state index < -0.39 is 5.92 Å². The van der Waals surface area contributed by atoms with Crippen molar-refractivity contribution < 1.29 is 9.59 Å². The standard InChI is InChI=1S/C15H18N4O2S/c1-15(2,3)8-7-16-13(20)11(8)14(21)17-9-5-4-6-10-12(9)19-22-18-10/h4-6,8,11H,7H2,1-3H3,(H,16,20)(H,17,21)/t8-,11+/m0/s1. The molecule has 2 amide bonds.